The highest BCUT2D eigenvalue weighted by molar-refractivity contribution is 7.14. The van der Waals surface area contributed by atoms with Gasteiger partial charge < -0.3 is 15.0 Å². The van der Waals surface area contributed by atoms with Crippen LogP contribution < -0.4 is 5.32 Å². The average molecular weight is 449 g/mol. The van der Waals surface area contributed by atoms with Crippen molar-refractivity contribution in [2.24, 2.45) is 0 Å². The second-order valence-corrected chi connectivity index (χ2v) is 9.27. The second kappa shape index (κ2) is 8.31. The van der Waals surface area contributed by atoms with Crippen molar-refractivity contribution in [1.82, 2.24) is 25.1 Å². The molecule has 0 atom stereocenters. The van der Waals surface area contributed by atoms with Crippen LogP contribution in [-0.4, -0.2) is 122 Å². The van der Waals surface area contributed by atoms with Crippen LogP contribution in [0.3, 0.4) is 0 Å². The molecule has 0 spiro atoms. The number of hydrogen-bond acceptors (Lipinski definition) is 8. The summed E-state index contributed by atoms with van der Waals surface area (Å²) in [6.45, 7) is 1.25. The van der Waals surface area contributed by atoms with E-state index in [1.807, 2.05) is 6.92 Å². The van der Waals surface area contributed by atoms with Crippen LogP contribution in [0, 0.1) is 6.92 Å². The molecule has 4 rings (SSSR count). The van der Waals surface area contributed by atoms with Crippen molar-refractivity contribution in [3.63, 3.8) is 0 Å². The van der Waals surface area contributed by atoms with E-state index in [0.29, 0.717) is 10.7 Å². The number of aryl methyl sites for hydroxylation is 1. The molecule has 150 valence electrons. The molecule has 8 nitrogen and oxygen atoms in total. The number of anilines is 1. The first-order chi connectivity index (χ1) is 15.6. The van der Waals surface area contributed by atoms with Crippen LogP contribution in [0.5, 0.6) is 0 Å². The van der Waals surface area contributed by atoms with E-state index in [1.54, 1.807) is 24.5 Å². The summed E-state index contributed by atoms with van der Waals surface area (Å²) in [7, 11) is 47.4. The summed E-state index contributed by atoms with van der Waals surface area (Å²) in [4.78, 5) is 22.3. The van der Waals surface area contributed by atoms with E-state index in [0.717, 1.165) is 20.7 Å². The number of nitrogens with one attached hydrogen (secondary N) is 1. The monoisotopic (exact) mass is 450 g/mol. The van der Waals surface area contributed by atoms with Gasteiger partial charge in [0.2, 0.25) is 5.91 Å². The standard InChI is InChI=1S/C17H10B8N6O2S/c1-7-29-30-13(34-7)10-2-8-3-11(27-5-9(8)4-26-10)28-12(32)6-31-14(18,19)16(22,23)33-17(24,25)15(31,20)21/h2-5H,6H2,1H3,(H,27,28,32). The van der Waals surface area contributed by atoms with Crippen LogP contribution in [-0.2, 0) is 9.53 Å². The Morgan fingerprint density at radius 2 is 1.59 bits per heavy atom. The third kappa shape index (κ3) is 4.26. The maximum atomic E-state index is 12.9. The first kappa shape index (κ1) is 25.1. The number of amides is 1. The van der Waals surface area contributed by atoms with E-state index < -0.39 is 33.9 Å². The molecular weight excluding hydrogens is 439 g/mol. The van der Waals surface area contributed by atoms with Gasteiger partial charge in [0.05, 0.1) is 69.3 Å². The number of ether oxygens (including phenoxy) is 1. The van der Waals surface area contributed by atoms with Gasteiger partial charge in [-0.2, -0.15) is 0 Å². The average Bonchev–Trinajstić information content (AvgIpc) is 3.16. The molecular formula is C17H10B8N6O2S. The summed E-state index contributed by atoms with van der Waals surface area (Å²) in [5.74, 6) is -0.441. The molecule has 4 heterocycles. The van der Waals surface area contributed by atoms with Gasteiger partial charge in [0.15, 0.2) is 5.01 Å². The van der Waals surface area contributed by atoms with Crippen LogP contribution >= 0.6 is 11.3 Å². The van der Waals surface area contributed by atoms with Crippen molar-refractivity contribution >= 4 is 96.6 Å². The Hall–Kier alpha value is -1.97. The number of rotatable bonds is 4. The summed E-state index contributed by atoms with van der Waals surface area (Å²) in [5, 5.41) is 4.62. The first-order valence-electron chi connectivity index (χ1n) is 9.79. The molecule has 1 fully saturated rings. The molecule has 3 aromatic rings. The quantitative estimate of drug-likeness (QED) is 0.448. The number of hydrogen-bond donors (Lipinski definition) is 1. The fraction of sp³-hybridized carbons (Fsp3) is 0.353. The second-order valence-electron chi connectivity index (χ2n) is 8.09. The topological polar surface area (TPSA) is 93.1 Å². The highest BCUT2D eigenvalue weighted by Crippen LogP contribution is 2.39. The molecule has 1 aliphatic rings. The highest BCUT2D eigenvalue weighted by atomic mass is 32.1. The number of carbonyl (C=O) groups is 1. The number of morpholine rings is 1. The number of nitrogens with zero attached hydrogens (tertiary/aromatic N) is 5. The first-order valence-corrected chi connectivity index (χ1v) is 10.6. The molecule has 16 radical (unpaired) electrons. The third-order valence-electron chi connectivity index (χ3n) is 5.40. The molecule has 0 bridgehead atoms. The number of pyridine rings is 2. The largest absolute Gasteiger partial charge is 0.406 e. The molecule has 0 aliphatic carbocycles. The minimum absolute atomic E-state index is 0.217. The number of carbonyl (C=O) groups excluding carboxylic acids is 1. The van der Waals surface area contributed by atoms with Crippen LogP contribution in [0.1, 0.15) is 5.01 Å². The van der Waals surface area contributed by atoms with Crippen LogP contribution in [0.2, 0.25) is 0 Å². The fourth-order valence-electron chi connectivity index (χ4n) is 3.38. The molecule has 1 saturated heterocycles. The number of fused-ring (bicyclic) bond motifs is 1. The van der Waals surface area contributed by atoms with Gasteiger partial charge in [0.25, 0.3) is 0 Å². The van der Waals surface area contributed by atoms with Gasteiger partial charge in [-0.15, -0.1) is 10.2 Å². The summed E-state index contributed by atoms with van der Waals surface area (Å²) in [6.07, 6.45) is 3.19. The molecule has 0 unspecified atom stereocenters. The predicted octanol–water partition coefficient (Wildman–Crippen LogP) is -2.31. The highest BCUT2D eigenvalue weighted by Gasteiger charge is 2.57. The Labute approximate surface area is 211 Å². The molecule has 34 heavy (non-hydrogen) atoms. The molecule has 3 aromatic heterocycles. The molecule has 0 aromatic carbocycles. The van der Waals surface area contributed by atoms with Gasteiger partial charge in [-0.1, -0.05) is 11.3 Å². The van der Waals surface area contributed by atoms with Crippen LogP contribution in [0.15, 0.2) is 24.5 Å². The van der Waals surface area contributed by atoms with Gasteiger partial charge in [-0.25, -0.2) is 4.98 Å². The van der Waals surface area contributed by atoms with Crippen LogP contribution in [0.4, 0.5) is 5.82 Å². The zero-order chi connectivity index (χ0) is 25.1. The Balaban J connectivity index is 1.58. The SMILES string of the molecule is [B]C1([B])OC([B])([B])C([B])([B])N(CC(=O)Nc2cc3cc(-c4nnc(C)s4)ncc3cn2)C1([B])[B]. The van der Waals surface area contributed by atoms with Gasteiger partial charge in [-0.05, 0) is 45.9 Å². The summed E-state index contributed by atoms with van der Waals surface area (Å²) < 4.78 is 5.13. The van der Waals surface area contributed by atoms with Gasteiger partial charge in [0, 0.05) is 17.8 Å². The number of aromatic nitrogens is 4. The van der Waals surface area contributed by atoms with Crippen molar-refractivity contribution < 1.29 is 9.53 Å². The normalized spacial score (nSPS) is 20.6. The summed E-state index contributed by atoms with van der Waals surface area (Å²) >= 11 is 1.41. The van der Waals surface area contributed by atoms with Crippen molar-refractivity contribution in [3.05, 3.63) is 29.5 Å². The lowest BCUT2D eigenvalue weighted by atomic mass is 9.30. The maximum absolute atomic E-state index is 12.9. The van der Waals surface area contributed by atoms with Crippen LogP contribution in [0.25, 0.3) is 21.5 Å². The van der Waals surface area contributed by atoms with E-state index in [9.17, 15) is 4.79 Å². The lowest BCUT2D eigenvalue weighted by Gasteiger charge is -2.70. The zero-order valence-electron chi connectivity index (χ0n) is 18.1. The van der Waals surface area contributed by atoms with E-state index >= 15 is 0 Å². The third-order valence-corrected chi connectivity index (χ3v) is 6.26. The van der Waals surface area contributed by atoms with Crippen molar-refractivity contribution in [1.29, 1.82) is 0 Å². The molecule has 1 amide bonds. The van der Waals surface area contributed by atoms with Crippen molar-refractivity contribution in [2.45, 2.75) is 28.4 Å². The van der Waals surface area contributed by atoms with E-state index in [4.69, 9.17) is 67.5 Å². The van der Waals surface area contributed by atoms with Crippen molar-refractivity contribution in [2.75, 3.05) is 11.9 Å². The van der Waals surface area contributed by atoms with Gasteiger partial charge >= 0.3 is 0 Å². The van der Waals surface area contributed by atoms with Gasteiger partial charge in [-0.3, -0.25) is 9.78 Å². The maximum Gasteiger partial charge on any atom is 0.239 e. The zero-order valence-corrected chi connectivity index (χ0v) is 18.9. The lowest BCUT2D eigenvalue weighted by molar-refractivity contribution is -0.131. The van der Waals surface area contributed by atoms with Gasteiger partial charge in [0.1, 0.15) is 16.5 Å². The van der Waals surface area contributed by atoms with E-state index in [-0.39, 0.29) is 5.82 Å². The molecule has 17 heteroatoms. The summed E-state index contributed by atoms with van der Waals surface area (Å²) in [6, 6.07) is 3.45. The molecule has 0 saturated carbocycles. The van der Waals surface area contributed by atoms with Crippen molar-refractivity contribution in [3.8, 4) is 10.7 Å². The Kier molecular flexibility index (Phi) is 6.14. The summed E-state index contributed by atoms with van der Waals surface area (Å²) in [5.41, 5.74) is 0.631. The minimum atomic E-state index is -2.30. The van der Waals surface area contributed by atoms with E-state index in [2.05, 4.69) is 25.5 Å². The Bertz CT molecular complexity index is 1240. The molecule has 1 aliphatic heterocycles. The Morgan fingerprint density at radius 1 is 0.971 bits per heavy atom. The Morgan fingerprint density at radius 3 is 2.18 bits per heavy atom. The smallest absolute Gasteiger partial charge is 0.239 e. The minimum Gasteiger partial charge on any atom is -0.406 e. The molecule has 1 N–H and O–H groups in total. The predicted molar refractivity (Wildman–Crippen MR) is 137 cm³/mol. The van der Waals surface area contributed by atoms with E-state index in [1.165, 1.54) is 11.3 Å². The lowest BCUT2D eigenvalue weighted by Crippen LogP contribution is -2.86. The fourth-order valence-corrected chi connectivity index (χ4v) is 4.04.